The van der Waals surface area contributed by atoms with E-state index < -0.39 is 10.0 Å². The summed E-state index contributed by atoms with van der Waals surface area (Å²) in [6.45, 7) is 0. The van der Waals surface area contributed by atoms with E-state index in [9.17, 15) is 8.42 Å². The first-order valence-electron chi connectivity index (χ1n) is 11.1. The van der Waals surface area contributed by atoms with Crippen LogP contribution < -0.4 is 16.6 Å². The lowest BCUT2D eigenvalue weighted by Crippen LogP contribution is -2.26. The van der Waals surface area contributed by atoms with Crippen molar-refractivity contribution in [1.29, 1.82) is 0 Å². The molecule has 2 aromatic carbocycles. The van der Waals surface area contributed by atoms with Crippen LogP contribution in [0.3, 0.4) is 0 Å². The van der Waals surface area contributed by atoms with Crippen molar-refractivity contribution in [3.05, 3.63) is 35.9 Å². The molecule has 0 amide bonds. The Morgan fingerprint density at radius 1 is 1.09 bits per heavy atom. The zero-order chi connectivity index (χ0) is 23.9. The van der Waals surface area contributed by atoms with Gasteiger partial charge in [-0.1, -0.05) is 35.6 Å². The van der Waals surface area contributed by atoms with Gasteiger partial charge in [0.05, 0.1) is 20.7 Å². The number of H-pyrrole nitrogens is 1. The number of hydrogen-bond donors (Lipinski definition) is 4. The van der Waals surface area contributed by atoms with Crippen LogP contribution in [0.2, 0.25) is 0 Å². The fourth-order valence-corrected chi connectivity index (χ4v) is 6.66. The zero-order valence-corrected chi connectivity index (χ0v) is 20.1. The molecule has 5 rings (SSSR count). The number of aromatic amines is 1. The van der Waals surface area contributed by atoms with Gasteiger partial charge in [-0.2, -0.15) is 5.21 Å². The highest BCUT2D eigenvalue weighted by Gasteiger charge is 2.28. The summed E-state index contributed by atoms with van der Waals surface area (Å²) in [4.78, 5) is 4.50. The normalized spacial score (nSPS) is 19.0. The number of sulfonamides is 1. The fourth-order valence-electron chi connectivity index (χ4n) is 4.88. The van der Waals surface area contributed by atoms with E-state index in [1.54, 1.807) is 0 Å². The van der Waals surface area contributed by atoms with Crippen molar-refractivity contribution in [1.82, 2.24) is 25.6 Å². The van der Waals surface area contributed by atoms with Crippen LogP contribution in [0.15, 0.2) is 35.2 Å². The minimum atomic E-state index is -4.11. The molecule has 1 saturated carbocycles. The molecular formula is C22H26N8O2S2. The van der Waals surface area contributed by atoms with Crippen LogP contribution in [0.25, 0.3) is 32.7 Å². The SMILES string of the molecule is Nc1nc2c(-c3ccc(CCC4CCC(N)CC4)c(S(N)(=O)=O)c3-c3nn[nH]n3)cccc2s1. The first-order chi connectivity index (χ1) is 16.3. The van der Waals surface area contributed by atoms with Gasteiger partial charge in [-0.05, 0) is 66.8 Å². The number of hydrogen-bond acceptors (Lipinski definition) is 9. The summed E-state index contributed by atoms with van der Waals surface area (Å²) in [5.41, 5.74) is 15.0. The number of nitrogen functional groups attached to an aromatic ring is 1. The van der Waals surface area contributed by atoms with Crippen molar-refractivity contribution in [3.8, 4) is 22.5 Å². The van der Waals surface area contributed by atoms with E-state index in [4.69, 9.17) is 16.6 Å². The van der Waals surface area contributed by atoms with Gasteiger partial charge >= 0.3 is 0 Å². The average Bonchev–Trinajstić information content (AvgIpc) is 3.46. The molecule has 1 fully saturated rings. The number of fused-ring (bicyclic) bond motifs is 1. The topological polar surface area (TPSA) is 180 Å². The molecule has 0 spiro atoms. The number of anilines is 1. The number of thiazole rings is 1. The predicted molar refractivity (Wildman–Crippen MR) is 132 cm³/mol. The highest BCUT2D eigenvalue weighted by molar-refractivity contribution is 7.89. The molecule has 4 aromatic rings. The number of benzene rings is 2. The first kappa shape index (κ1) is 22.8. The molecule has 12 heteroatoms. The highest BCUT2D eigenvalue weighted by atomic mass is 32.2. The summed E-state index contributed by atoms with van der Waals surface area (Å²) >= 11 is 1.37. The number of primary sulfonamides is 1. The van der Waals surface area contributed by atoms with Crippen LogP contribution in [-0.4, -0.2) is 40.1 Å². The lowest BCUT2D eigenvalue weighted by atomic mass is 9.83. The van der Waals surface area contributed by atoms with Gasteiger partial charge < -0.3 is 11.5 Å². The molecule has 0 aliphatic heterocycles. The van der Waals surface area contributed by atoms with Gasteiger partial charge in [-0.3, -0.25) is 0 Å². The number of nitrogens with one attached hydrogen (secondary N) is 1. The van der Waals surface area contributed by atoms with Crippen molar-refractivity contribution in [2.45, 2.75) is 49.5 Å². The third-order valence-electron chi connectivity index (χ3n) is 6.53. The van der Waals surface area contributed by atoms with Crippen LogP contribution >= 0.6 is 11.3 Å². The quantitative estimate of drug-likeness (QED) is 0.313. The van der Waals surface area contributed by atoms with Gasteiger partial charge in [0.15, 0.2) is 5.13 Å². The zero-order valence-electron chi connectivity index (χ0n) is 18.4. The summed E-state index contributed by atoms with van der Waals surface area (Å²) in [6, 6.07) is 9.67. The van der Waals surface area contributed by atoms with E-state index >= 15 is 0 Å². The van der Waals surface area contributed by atoms with Gasteiger partial charge in [0.25, 0.3) is 0 Å². The smallest absolute Gasteiger partial charge is 0.239 e. The molecular weight excluding hydrogens is 472 g/mol. The Bertz CT molecular complexity index is 1420. The summed E-state index contributed by atoms with van der Waals surface area (Å²) < 4.78 is 26.8. The van der Waals surface area contributed by atoms with Crippen molar-refractivity contribution >= 4 is 36.7 Å². The van der Waals surface area contributed by atoms with Gasteiger partial charge in [-0.15, -0.1) is 10.2 Å². The fraction of sp³-hybridized carbons (Fsp3) is 0.364. The van der Waals surface area contributed by atoms with Crippen molar-refractivity contribution < 1.29 is 8.42 Å². The van der Waals surface area contributed by atoms with Gasteiger partial charge in [0.2, 0.25) is 15.8 Å². The van der Waals surface area contributed by atoms with E-state index in [1.807, 2.05) is 30.3 Å². The van der Waals surface area contributed by atoms with Crippen LogP contribution in [0.5, 0.6) is 0 Å². The Labute approximate surface area is 201 Å². The highest BCUT2D eigenvalue weighted by Crippen LogP contribution is 2.41. The maximum absolute atomic E-state index is 13.0. The van der Waals surface area contributed by atoms with E-state index in [0.717, 1.165) is 42.4 Å². The Balaban J connectivity index is 1.66. The maximum atomic E-state index is 13.0. The molecule has 34 heavy (non-hydrogen) atoms. The van der Waals surface area contributed by atoms with E-state index in [-0.39, 0.29) is 16.8 Å². The number of nitrogens with two attached hydrogens (primary N) is 3. The van der Waals surface area contributed by atoms with Crippen LogP contribution in [0, 0.1) is 5.92 Å². The van der Waals surface area contributed by atoms with Gasteiger partial charge in [-0.25, -0.2) is 18.5 Å². The van der Waals surface area contributed by atoms with Gasteiger partial charge in [0, 0.05) is 11.6 Å². The third kappa shape index (κ3) is 4.41. The molecule has 0 bridgehead atoms. The first-order valence-corrected chi connectivity index (χ1v) is 13.5. The molecule has 7 N–H and O–H groups in total. The van der Waals surface area contributed by atoms with Crippen molar-refractivity contribution in [2.24, 2.45) is 16.8 Å². The van der Waals surface area contributed by atoms with Crippen LogP contribution in [0.4, 0.5) is 5.13 Å². The Hall–Kier alpha value is -2.93. The molecule has 1 aliphatic rings. The second-order valence-electron chi connectivity index (χ2n) is 8.78. The third-order valence-corrected chi connectivity index (χ3v) is 8.42. The summed E-state index contributed by atoms with van der Waals surface area (Å²) in [6.07, 6.45) is 5.54. The molecule has 10 nitrogen and oxygen atoms in total. The Morgan fingerprint density at radius 2 is 1.88 bits per heavy atom. The second kappa shape index (κ2) is 9.02. The number of tetrazole rings is 1. The predicted octanol–water partition coefficient (Wildman–Crippen LogP) is 2.82. The van der Waals surface area contributed by atoms with Crippen molar-refractivity contribution in [2.75, 3.05) is 5.73 Å². The second-order valence-corrected chi connectivity index (χ2v) is 11.3. The molecule has 0 saturated heterocycles. The van der Waals surface area contributed by atoms with Gasteiger partial charge in [0.1, 0.15) is 0 Å². The van der Waals surface area contributed by atoms with E-state index in [1.165, 1.54) is 11.3 Å². The molecule has 0 atom stereocenters. The number of rotatable bonds is 6. The lowest BCUT2D eigenvalue weighted by Gasteiger charge is -2.26. The van der Waals surface area contributed by atoms with Crippen molar-refractivity contribution in [3.63, 3.8) is 0 Å². The molecule has 1 aliphatic carbocycles. The lowest BCUT2D eigenvalue weighted by molar-refractivity contribution is 0.310. The number of aromatic nitrogens is 5. The van der Waals surface area contributed by atoms with Crippen LogP contribution in [-0.2, 0) is 16.4 Å². The van der Waals surface area contributed by atoms with E-state index in [0.29, 0.717) is 39.7 Å². The number of nitrogens with zero attached hydrogens (tertiary/aromatic N) is 4. The summed E-state index contributed by atoms with van der Waals surface area (Å²) in [5.74, 6) is 0.665. The summed E-state index contributed by atoms with van der Waals surface area (Å²) in [5, 5.41) is 20.5. The largest absolute Gasteiger partial charge is 0.375 e. The maximum Gasteiger partial charge on any atom is 0.239 e. The Morgan fingerprint density at radius 3 is 2.59 bits per heavy atom. The summed E-state index contributed by atoms with van der Waals surface area (Å²) in [7, 11) is -4.11. The standard InChI is InChI=1S/C22H26N8O2S2/c23-14-9-5-12(6-10-14)4-7-13-8-11-15(16-2-1-3-17-19(16)26-22(24)33-17)18(20(13)34(25,31)32)21-27-29-30-28-21/h1-3,8,11-12,14H,4-7,9-10,23H2,(H2,24,26)(H2,25,31,32)(H,27,28,29,30). The average molecular weight is 499 g/mol. The van der Waals surface area contributed by atoms with Crippen LogP contribution in [0.1, 0.15) is 37.7 Å². The molecule has 178 valence electrons. The monoisotopic (exact) mass is 498 g/mol. The molecule has 0 radical (unpaired) electrons. The van der Waals surface area contributed by atoms with E-state index in [2.05, 4.69) is 25.6 Å². The molecule has 2 heterocycles. The number of aryl methyl sites for hydroxylation is 1. The molecule has 0 unspecified atom stereocenters. The number of para-hydroxylation sites is 1. The minimum Gasteiger partial charge on any atom is -0.375 e. The minimum absolute atomic E-state index is 0.0270. The Kier molecular flexibility index (Phi) is 6.06. The molecule has 2 aromatic heterocycles.